The number of nitrogens with one attached hydrogen (secondary N) is 2. The van der Waals surface area contributed by atoms with Crippen LogP contribution in [-0.4, -0.2) is 66.0 Å². The Labute approximate surface area is 250 Å². The number of unbranched alkanes of at least 4 members (excludes halogenated alkanes) is 4. The molecule has 0 heterocycles. The van der Waals surface area contributed by atoms with Crippen LogP contribution < -0.4 is 16.4 Å². The first-order chi connectivity index (χ1) is 19.8. The second kappa shape index (κ2) is 18.7. The number of amides is 4. The van der Waals surface area contributed by atoms with Gasteiger partial charge in [-0.1, -0.05) is 56.9 Å². The van der Waals surface area contributed by atoms with Crippen molar-refractivity contribution in [3.05, 3.63) is 35.4 Å². The number of esters is 1. The summed E-state index contributed by atoms with van der Waals surface area (Å²) in [5.41, 5.74) is 5.97. The number of nitrogens with two attached hydrogens (primary N) is 1. The van der Waals surface area contributed by atoms with Crippen LogP contribution >= 0.6 is 0 Å². The van der Waals surface area contributed by atoms with Crippen LogP contribution in [0.4, 0.5) is 4.79 Å². The molecule has 2 unspecified atom stereocenters. The van der Waals surface area contributed by atoms with Crippen LogP contribution in [0.2, 0.25) is 0 Å². The lowest BCUT2D eigenvalue weighted by Gasteiger charge is -2.35. The fraction of sp³-hybridized carbons (Fsp3) is 0.645. The van der Waals surface area contributed by atoms with Crippen molar-refractivity contribution in [3.63, 3.8) is 0 Å². The van der Waals surface area contributed by atoms with Gasteiger partial charge in [0.25, 0.3) is 0 Å². The number of alkyl carbamates (subject to hydrolysis) is 1. The van der Waals surface area contributed by atoms with Crippen molar-refractivity contribution in [3.8, 4) is 0 Å². The molecular weight excluding hydrogens is 540 g/mol. The molecule has 4 N–H and O–H groups in total. The number of aryl methyl sites for hydroxylation is 1. The normalized spacial score (nSPS) is 12.5. The molecule has 0 aliphatic rings. The maximum atomic E-state index is 14.2. The minimum absolute atomic E-state index is 0.0214. The highest BCUT2D eigenvalue weighted by atomic mass is 16.6. The van der Waals surface area contributed by atoms with Gasteiger partial charge in [-0.3, -0.25) is 19.2 Å². The standard InChI is InChI=1S/C31H50N4O7/c1-7-9-10-11-14-21-35(29(39)24(17-18-25(32)36)34-30(40)42-31(4,5)6)27(23-16-13-12-15-22(23)3)28(38)33-20-19-26(37)41-8-2/h12-13,15-16,24,27H,7-11,14,17-21H2,1-6H3,(H2,32,36)(H,33,38)(H,34,40). The fourth-order valence-electron chi connectivity index (χ4n) is 4.41. The van der Waals surface area contributed by atoms with E-state index in [-0.39, 0.29) is 39.0 Å². The van der Waals surface area contributed by atoms with Crippen LogP contribution in [0.5, 0.6) is 0 Å². The molecule has 1 aromatic rings. The predicted molar refractivity (Wildman–Crippen MR) is 160 cm³/mol. The van der Waals surface area contributed by atoms with Crippen molar-refractivity contribution in [1.82, 2.24) is 15.5 Å². The second-order valence-electron chi connectivity index (χ2n) is 11.3. The topological polar surface area (TPSA) is 157 Å². The number of hydrogen-bond acceptors (Lipinski definition) is 7. The zero-order valence-electron chi connectivity index (χ0n) is 26.1. The Morgan fingerprint density at radius 2 is 1.64 bits per heavy atom. The first-order valence-corrected chi connectivity index (χ1v) is 14.9. The molecule has 11 heteroatoms. The Morgan fingerprint density at radius 1 is 0.976 bits per heavy atom. The van der Waals surface area contributed by atoms with E-state index in [0.29, 0.717) is 12.0 Å². The summed E-state index contributed by atoms with van der Waals surface area (Å²) in [6, 6.07) is 5.04. The third kappa shape index (κ3) is 13.8. The highest BCUT2D eigenvalue weighted by Crippen LogP contribution is 2.27. The number of benzene rings is 1. The van der Waals surface area contributed by atoms with Crippen LogP contribution in [-0.2, 0) is 28.7 Å². The first-order valence-electron chi connectivity index (χ1n) is 14.9. The largest absolute Gasteiger partial charge is 0.466 e. The van der Waals surface area contributed by atoms with Crippen LogP contribution in [0.25, 0.3) is 0 Å². The van der Waals surface area contributed by atoms with Crippen LogP contribution in [0, 0.1) is 6.92 Å². The Kier molecular flexibility index (Phi) is 16.2. The van der Waals surface area contributed by atoms with E-state index in [9.17, 15) is 24.0 Å². The van der Waals surface area contributed by atoms with Crippen molar-refractivity contribution in [2.45, 2.75) is 111 Å². The lowest BCUT2D eigenvalue weighted by Crippen LogP contribution is -2.53. The van der Waals surface area contributed by atoms with E-state index in [2.05, 4.69) is 17.6 Å². The van der Waals surface area contributed by atoms with E-state index in [1.165, 1.54) is 4.90 Å². The molecule has 2 atom stereocenters. The average Bonchev–Trinajstić information content (AvgIpc) is 2.89. The zero-order valence-corrected chi connectivity index (χ0v) is 26.1. The average molecular weight is 591 g/mol. The van der Waals surface area contributed by atoms with Gasteiger partial charge >= 0.3 is 12.1 Å². The molecule has 42 heavy (non-hydrogen) atoms. The van der Waals surface area contributed by atoms with Crippen molar-refractivity contribution < 1.29 is 33.4 Å². The summed E-state index contributed by atoms with van der Waals surface area (Å²) < 4.78 is 10.3. The molecule has 0 aliphatic heterocycles. The van der Waals surface area contributed by atoms with Gasteiger partial charge < -0.3 is 30.7 Å². The van der Waals surface area contributed by atoms with Gasteiger partial charge in [0.05, 0.1) is 13.0 Å². The van der Waals surface area contributed by atoms with Gasteiger partial charge in [0.2, 0.25) is 17.7 Å². The van der Waals surface area contributed by atoms with Gasteiger partial charge in [-0.05, 0) is 58.6 Å². The molecule has 236 valence electrons. The van der Waals surface area contributed by atoms with Crippen molar-refractivity contribution in [2.24, 2.45) is 5.73 Å². The molecule has 0 fully saturated rings. The van der Waals surface area contributed by atoms with E-state index in [0.717, 1.165) is 31.2 Å². The summed E-state index contributed by atoms with van der Waals surface area (Å²) in [5.74, 6) is -2.08. The maximum Gasteiger partial charge on any atom is 0.408 e. The molecule has 1 aromatic carbocycles. The molecule has 4 amide bonds. The minimum atomic E-state index is -1.16. The zero-order chi connectivity index (χ0) is 31.7. The number of hydrogen-bond donors (Lipinski definition) is 3. The molecule has 0 radical (unpaired) electrons. The molecular formula is C31H50N4O7. The van der Waals surface area contributed by atoms with Gasteiger partial charge in [-0.2, -0.15) is 0 Å². The summed E-state index contributed by atoms with van der Waals surface area (Å²) in [6.07, 6.45) is 3.47. The summed E-state index contributed by atoms with van der Waals surface area (Å²) in [4.78, 5) is 65.7. The predicted octanol–water partition coefficient (Wildman–Crippen LogP) is 4.06. The molecule has 0 aromatic heterocycles. The van der Waals surface area contributed by atoms with Crippen molar-refractivity contribution in [1.29, 1.82) is 0 Å². The monoisotopic (exact) mass is 590 g/mol. The van der Waals surface area contributed by atoms with Gasteiger partial charge in [-0.25, -0.2) is 4.79 Å². The van der Waals surface area contributed by atoms with E-state index in [1.54, 1.807) is 39.8 Å². The van der Waals surface area contributed by atoms with Crippen molar-refractivity contribution >= 4 is 29.8 Å². The fourth-order valence-corrected chi connectivity index (χ4v) is 4.41. The summed E-state index contributed by atoms with van der Waals surface area (Å²) >= 11 is 0. The lowest BCUT2D eigenvalue weighted by molar-refractivity contribution is -0.144. The van der Waals surface area contributed by atoms with E-state index < -0.39 is 47.5 Å². The Morgan fingerprint density at radius 3 is 2.24 bits per heavy atom. The van der Waals surface area contributed by atoms with Crippen molar-refractivity contribution in [2.75, 3.05) is 19.7 Å². The number of carbonyl (C=O) groups is 5. The Hall–Kier alpha value is -3.63. The quantitative estimate of drug-likeness (QED) is 0.172. The van der Waals surface area contributed by atoms with E-state index >= 15 is 0 Å². The maximum absolute atomic E-state index is 14.2. The van der Waals surface area contributed by atoms with Gasteiger partial charge in [0.1, 0.15) is 17.7 Å². The minimum Gasteiger partial charge on any atom is -0.466 e. The smallest absolute Gasteiger partial charge is 0.408 e. The molecule has 0 aliphatic carbocycles. The van der Waals surface area contributed by atoms with Crippen LogP contribution in [0.1, 0.15) is 103 Å². The van der Waals surface area contributed by atoms with Gasteiger partial charge in [0.15, 0.2) is 0 Å². The lowest BCUT2D eigenvalue weighted by atomic mass is 9.97. The third-order valence-electron chi connectivity index (χ3n) is 6.43. The Balaban J connectivity index is 3.47. The second-order valence-corrected chi connectivity index (χ2v) is 11.3. The van der Waals surface area contributed by atoms with Crippen LogP contribution in [0.3, 0.4) is 0 Å². The first kappa shape index (κ1) is 36.4. The Bertz CT molecular complexity index is 1040. The molecule has 0 bridgehead atoms. The van der Waals surface area contributed by atoms with Gasteiger partial charge in [-0.15, -0.1) is 0 Å². The highest BCUT2D eigenvalue weighted by Gasteiger charge is 2.36. The number of nitrogens with zero attached hydrogens (tertiary/aromatic N) is 1. The highest BCUT2D eigenvalue weighted by molar-refractivity contribution is 5.92. The SMILES string of the molecule is CCCCCCCN(C(=O)C(CCC(N)=O)NC(=O)OC(C)(C)C)C(C(=O)NCCC(=O)OCC)c1ccccc1C. The number of carbonyl (C=O) groups excluding carboxylic acids is 5. The van der Waals surface area contributed by atoms with Gasteiger partial charge in [0, 0.05) is 19.5 Å². The van der Waals surface area contributed by atoms with E-state index in [1.807, 2.05) is 19.1 Å². The molecule has 0 spiro atoms. The summed E-state index contributed by atoms with van der Waals surface area (Å²) in [5, 5.41) is 5.38. The molecule has 0 saturated heterocycles. The molecule has 11 nitrogen and oxygen atoms in total. The number of rotatable bonds is 18. The molecule has 1 rings (SSSR count). The summed E-state index contributed by atoms with van der Waals surface area (Å²) in [6.45, 7) is 11.2. The molecule has 0 saturated carbocycles. The number of ether oxygens (including phenoxy) is 2. The van der Waals surface area contributed by atoms with Crippen LogP contribution in [0.15, 0.2) is 24.3 Å². The van der Waals surface area contributed by atoms with E-state index in [4.69, 9.17) is 15.2 Å². The third-order valence-corrected chi connectivity index (χ3v) is 6.43. The summed E-state index contributed by atoms with van der Waals surface area (Å²) in [7, 11) is 0. The number of primary amides is 1.